The van der Waals surface area contributed by atoms with Crippen LogP contribution in [0.1, 0.15) is 24.1 Å². The van der Waals surface area contributed by atoms with Gasteiger partial charge < -0.3 is 19.8 Å². The molecule has 5 rings (SSSR count). The van der Waals surface area contributed by atoms with Crippen LogP contribution in [0.5, 0.6) is 0 Å². The van der Waals surface area contributed by atoms with E-state index in [-0.39, 0.29) is 6.61 Å². The molecule has 9 heteroatoms. The van der Waals surface area contributed by atoms with Crippen LogP contribution in [0.15, 0.2) is 18.2 Å². The number of nitrogens with zero attached hydrogens (tertiary/aromatic N) is 8. The Morgan fingerprint density at radius 1 is 0.677 bits per heavy atom. The molecule has 9 nitrogen and oxygen atoms in total. The molecular formula is C22H32N8O. The number of aliphatic hydroxyl groups excluding tert-OH is 1. The first-order valence-corrected chi connectivity index (χ1v) is 11.6. The molecule has 0 aromatic carbocycles. The van der Waals surface area contributed by atoms with Gasteiger partial charge in [-0.15, -0.1) is 15.3 Å². The number of anilines is 3. The van der Waals surface area contributed by atoms with Gasteiger partial charge in [0.2, 0.25) is 0 Å². The Kier molecular flexibility index (Phi) is 6.13. The molecule has 1 N–H and O–H groups in total. The standard InChI is InChI=1S/C22H32N8O/c31-16-15-27-7-9-28(10-8-27)20-5-6-21(25-24-20)29-11-13-30(14-12-29)22-17-18-3-1-2-4-19(18)23-26-22/h5-6,17,31H,1-4,7-16H2. The second-order valence-electron chi connectivity index (χ2n) is 8.66. The first-order valence-electron chi connectivity index (χ1n) is 11.6. The van der Waals surface area contributed by atoms with E-state index < -0.39 is 0 Å². The zero-order valence-electron chi connectivity index (χ0n) is 18.2. The van der Waals surface area contributed by atoms with Crippen LogP contribution >= 0.6 is 0 Å². The van der Waals surface area contributed by atoms with Gasteiger partial charge >= 0.3 is 0 Å². The molecule has 2 aromatic heterocycles. The van der Waals surface area contributed by atoms with Gasteiger partial charge in [0.15, 0.2) is 17.5 Å². The fourth-order valence-electron chi connectivity index (χ4n) is 4.80. The second kappa shape index (κ2) is 9.32. The van der Waals surface area contributed by atoms with Gasteiger partial charge in [-0.25, -0.2) is 0 Å². The van der Waals surface area contributed by atoms with E-state index in [2.05, 4.69) is 58.2 Å². The van der Waals surface area contributed by atoms with E-state index in [4.69, 9.17) is 5.11 Å². The molecule has 2 aromatic rings. The summed E-state index contributed by atoms with van der Waals surface area (Å²) in [5.74, 6) is 2.90. The molecule has 0 bridgehead atoms. The number of aryl methyl sites for hydroxylation is 2. The topological polar surface area (TPSA) is 84.8 Å². The van der Waals surface area contributed by atoms with Crippen molar-refractivity contribution in [2.75, 3.05) is 80.2 Å². The molecule has 166 valence electrons. The Bertz CT molecular complexity index is 860. The lowest BCUT2D eigenvalue weighted by Gasteiger charge is -2.36. The van der Waals surface area contributed by atoms with Gasteiger partial charge in [0.25, 0.3) is 0 Å². The third-order valence-electron chi connectivity index (χ3n) is 6.73. The summed E-state index contributed by atoms with van der Waals surface area (Å²) in [4.78, 5) is 9.20. The third-order valence-corrected chi connectivity index (χ3v) is 6.73. The average molecular weight is 425 g/mol. The van der Waals surface area contributed by atoms with Crippen LogP contribution < -0.4 is 14.7 Å². The summed E-state index contributed by atoms with van der Waals surface area (Å²) in [5.41, 5.74) is 2.58. The van der Waals surface area contributed by atoms with E-state index in [9.17, 15) is 0 Å². The van der Waals surface area contributed by atoms with Crippen molar-refractivity contribution in [2.24, 2.45) is 0 Å². The van der Waals surface area contributed by atoms with Crippen molar-refractivity contribution in [1.82, 2.24) is 25.3 Å². The molecule has 1 aliphatic carbocycles. The number of aromatic nitrogens is 4. The highest BCUT2D eigenvalue weighted by Gasteiger charge is 2.22. The molecule has 4 heterocycles. The Balaban J connectivity index is 1.16. The van der Waals surface area contributed by atoms with Gasteiger partial charge in [0, 0.05) is 58.9 Å². The minimum atomic E-state index is 0.223. The van der Waals surface area contributed by atoms with Crippen molar-refractivity contribution < 1.29 is 5.11 Å². The van der Waals surface area contributed by atoms with Crippen LogP contribution in [-0.2, 0) is 12.8 Å². The van der Waals surface area contributed by atoms with Gasteiger partial charge in [0.05, 0.1) is 12.3 Å². The van der Waals surface area contributed by atoms with E-state index in [1.54, 1.807) is 0 Å². The smallest absolute Gasteiger partial charge is 0.151 e. The van der Waals surface area contributed by atoms with Crippen LogP contribution in [0, 0.1) is 0 Å². The van der Waals surface area contributed by atoms with E-state index in [1.165, 1.54) is 24.1 Å². The molecule has 2 aliphatic heterocycles. The van der Waals surface area contributed by atoms with E-state index in [0.717, 1.165) is 89.2 Å². The van der Waals surface area contributed by atoms with Crippen LogP contribution in [0.2, 0.25) is 0 Å². The molecule has 2 saturated heterocycles. The minimum absolute atomic E-state index is 0.223. The number of rotatable bonds is 5. The number of aliphatic hydroxyl groups is 1. The van der Waals surface area contributed by atoms with Crippen molar-refractivity contribution in [3.05, 3.63) is 29.5 Å². The lowest BCUT2D eigenvalue weighted by Crippen LogP contribution is -2.48. The van der Waals surface area contributed by atoms with Gasteiger partial charge in [-0.2, -0.15) is 5.10 Å². The minimum Gasteiger partial charge on any atom is -0.395 e. The van der Waals surface area contributed by atoms with E-state index in [0.29, 0.717) is 0 Å². The number of hydrogen-bond acceptors (Lipinski definition) is 9. The second-order valence-corrected chi connectivity index (χ2v) is 8.66. The number of piperazine rings is 2. The van der Waals surface area contributed by atoms with Crippen molar-refractivity contribution in [3.8, 4) is 0 Å². The summed E-state index contributed by atoms with van der Waals surface area (Å²) >= 11 is 0. The maximum absolute atomic E-state index is 9.09. The largest absolute Gasteiger partial charge is 0.395 e. The SMILES string of the molecule is OCCN1CCN(c2ccc(N3CCN(c4cc5c(nn4)CCCC5)CC3)nn2)CC1. The first kappa shape index (κ1) is 20.4. The van der Waals surface area contributed by atoms with Gasteiger partial charge in [-0.05, 0) is 49.4 Å². The van der Waals surface area contributed by atoms with Crippen molar-refractivity contribution in [2.45, 2.75) is 25.7 Å². The molecule has 0 radical (unpaired) electrons. The fourth-order valence-corrected chi connectivity index (χ4v) is 4.80. The quantitative estimate of drug-likeness (QED) is 0.741. The third kappa shape index (κ3) is 4.57. The predicted molar refractivity (Wildman–Crippen MR) is 121 cm³/mol. The van der Waals surface area contributed by atoms with Crippen molar-refractivity contribution >= 4 is 17.5 Å². The zero-order valence-corrected chi connectivity index (χ0v) is 18.2. The lowest BCUT2D eigenvalue weighted by atomic mass is 9.97. The molecule has 2 fully saturated rings. The molecule has 0 spiro atoms. The molecule has 0 unspecified atom stereocenters. The number of fused-ring (bicyclic) bond motifs is 1. The summed E-state index contributed by atoms with van der Waals surface area (Å²) < 4.78 is 0. The summed E-state index contributed by atoms with van der Waals surface area (Å²) in [7, 11) is 0. The molecule has 3 aliphatic rings. The maximum Gasteiger partial charge on any atom is 0.151 e. The highest BCUT2D eigenvalue weighted by molar-refractivity contribution is 5.48. The zero-order chi connectivity index (χ0) is 21.0. The molecule has 0 amide bonds. The van der Waals surface area contributed by atoms with Crippen LogP contribution in [0.25, 0.3) is 0 Å². The van der Waals surface area contributed by atoms with Crippen LogP contribution in [-0.4, -0.2) is 95.9 Å². The van der Waals surface area contributed by atoms with Crippen LogP contribution in [0.4, 0.5) is 17.5 Å². The Morgan fingerprint density at radius 3 is 1.84 bits per heavy atom. The number of β-amino-alcohol motifs (C(OH)–C–C–N with tert-alkyl or cyclic N) is 1. The summed E-state index contributed by atoms with van der Waals surface area (Å²) in [6, 6.07) is 6.44. The fraction of sp³-hybridized carbons (Fsp3) is 0.636. The maximum atomic E-state index is 9.09. The van der Waals surface area contributed by atoms with E-state index >= 15 is 0 Å². The molecular weight excluding hydrogens is 392 g/mol. The predicted octanol–water partition coefficient (Wildman–Crippen LogP) is 0.586. The summed E-state index contributed by atoms with van der Waals surface area (Å²) in [5, 5.41) is 27.1. The lowest BCUT2D eigenvalue weighted by molar-refractivity contribution is 0.188. The van der Waals surface area contributed by atoms with Crippen molar-refractivity contribution in [1.29, 1.82) is 0 Å². The number of hydrogen-bond donors (Lipinski definition) is 1. The highest BCUT2D eigenvalue weighted by Crippen LogP contribution is 2.24. The Morgan fingerprint density at radius 2 is 1.23 bits per heavy atom. The van der Waals surface area contributed by atoms with E-state index in [1.807, 2.05) is 0 Å². The Hall–Kier alpha value is -2.52. The molecule has 31 heavy (non-hydrogen) atoms. The Labute approximate surface area is 183 Å². The molecule has 0 atom stereocenters. The highest BCUT2D eigenvalue weighted by atomic mass is 16.3. The van der Waals surface area contributed by atoms with Gasteiger partial charge in [-0.1, -0.05) is 0 Å². The van der Waals surface area contributed by atoms with Gasteiger partial charge in [-0.3, -0.25) is 4.90 Å². The van der Waals surface area contributed by atoms with Gasteiger partial charge in [0.1, 0.15) is 0 Å². The van der Waals surface area contributed by atoms with Crippen LogP contribution in [0.3, 0.4) is 0 Å². The first-order chi connectivity index (χ1) is 15.3. The summed E-state index contributed by atoms with van der Waals surface area (Å²) in [6.45, 7) is 8.40. The monoisotopic (exact) mass is 424 g/mol. The average Bonchev–Trinajstić information content (AvgIpc) is 2.85. The van der Waals surface area contributed by atoms with Crippen molar-refractivity contribution in [3.63, 3.8) is 0 Å². The summed E-state index contributed by atoms with van der Waals surface area (Å²) in [6.07, 6.45) is 4.71. The normalized spacial score (nSPS) is 20.1. The molecule has 0 saturated carbocycles.